The van der Waals surface area contributed by atoms with Crippen LogP contribution in [0.2, 0.25) is 0 Å². The van der Waals surface area contributed by atoms with Crippen LogP contribution in [-0.4, -0.2) is 28.3 Å². The van der Waals surface area contributed by atoms with Crippen LogP contribution in [0.3, 0.4) is 0 Å². The predicted octanol–water partition coefficient (Wildman–Crippen LogP) is 13.5. The number of rotatable bonds is 10. The van der Waals surface area contributed by atoms with Crippen LogP contribution in [0.1, 0.15) is 40.9 Å². The first-order valence-corrected chi connectivity index (χ1v) is 23.0. The number of hydrogen-bond donors (Lipinski definition) is 0. The van der Waals surface area contributed by atoms with Crippen molar-refractivity contribution < 1.29 is 4.57 Å². The highest BCUT2D eigenvalue weighted by molar-refractivity contribution is 7.70. The Morgan fingerprint density at radius 3 is 1.42 bits per heavy atom. The van der Waals surface area contributed by atoms with Crippen LogP contribution >= 0.6 is 7.14 Å². The minimum Gasteiger partial charge on any atom is -0.319 e. The molecule has 0 spiro atoms. The zero-order valence-electron chi connectivity index (χ0n) is 33.7. The van der Waals surface area contributed by atoms with Crippen LogP contribution < -0.4 is 5.30 Å². The van der Waals surface area contributed by atoms with Gasteiger partial charge in [-0.25, -0.2) is 15.0 Å². The highest BCUT2D eigenvalue weighted by Crippen LogP contribution is 2.40. The summed E-state index contributed by atoms with van der Waals surface area (Å²) in [7, 11) is -2.51. The average molecular weight is 794 g/mol. The van der Waals surface area contributed by atoms with Gasteiger partial charge in [-0.2, -0.15) is 0 Å². The van der Waals surface area contributed by atoms with Crippen LogP contribution in [0.25, 0.3) is 61.7 Å². The van der Waals surface area contributed by atoms with Crippen molar-refractivity contribution in [1.29, 1.82) is 0 Å². The van der Waals surface area contributed by atoms with Crippen LogP contribution in [0.15, 0.2) is 206 Å². The molecule has 0 bridgehead atoms. The summed E-state index contributed by atoms with van der Waals surface area (Å²) >= 11 is 0. The second kappa shape index (κ2) is 17.1. The Bertz CT molecular complexity index is 2890. The molecule has 0 N–H and O–H groups in total. The first-order valence-electron chi connectivity index (χ1n) is 20.4. The molecule has 0 saturated heterocycles. The largest absolute Gasteiger partial charge is 0.319 e. The molecule has 0 amide bonds. The Morgan fingerprint density at radius 2 is 0.883 bits per heavy atom. The molecule has 0 saturated carbocycles. The third-order valence-electron chi connectivity index (χ3n) is 10.9. The molecule has 60 heavy (non-hydrogen) atoms. The maximum Gasteiger partial charge on any atom is 0.164 e. The van der Waals surface area contributed by atoms with E-state index in [-0.39, 0.29) is 0 Å². The number of benzene rings is 7. The molecule has 1 heterocycles. The van der Waals surface area contributed by atoms with Crippen LogP contribution in [0, 0.1) is 0 Å². The monoisotopic (exact) mass is 793 g/mol. The Balaban J connectivity index is 1.23. The summed E-state index contributed by atoms with van der Waals surface area (Å²) in [6, 6.07) is 65.6. The van der Waals surface area contributed by atoms with Gasteiger partial charge >= 0.3 is 0 Å². The summed E-state index contributed by atoms with van der Waals surface area (Å²) < 4.78 is 13.3. The van der Waals surface area contributed by atoms with Crippen molar-refractivity contribution in [1.82, 2.24) is 15.0 Å². The topological polar surface area (TPSA) is 55.7 Å². The third kappa shape index (κ3) is 8.43. The van der Waals surface area contributed by atoms with Gasteiger partial charge in [0.2, 0.25) is 0 Å². The van der Waals surface area contributed by atoms with E-state index in [0.29, 0.717) is 17.5 Å². The Kier molecular flexibility index (Phi) is 11.0. The molecule has 290 valence electrons. The summed E-state index contributed by atoms with van der Waals surface area (Å²) in [5, 5.41) is 0.842. The van der Waals surface area contributed by atoms with Gasteiger partial charge in [0.15, 0.2) is 17.5 Å². The van der Waals surface area contributed by atoms with Crippen molar-refractivity contribution in [2.24, 2.45) is 0 Å². The van der Waals surface area contributed by atoms with E-state index in [9.17, 15) is 4.57 Å². The fraction of sp³-hybridized carbons (Fsp3) is 0.0727. The second-order valence-corrected chi connectivity index (χ2v) is 18.7. The number of nitrogens with zero attached hydrogens (tertiary/aromatic N) is 3. The van der Waals surface area contributed by atoms with E-state index in [1.165, 1.54) is 5.57 Å². The van der Waals surface area contributed by atoms with Crippen LogP contribution in [0.5, 0.6) is 0 Å². The SMILES string of the molecule is CP(C)(=O)c1cccc(-c2cc(-c3ccc(C(=C(c4ccccc4)c4ccccc4)c4ccccc4)cc3)cc(-c3nc(C4=CCCC=C4)nc(-c4ccccc4)n3)c2)c1. The minimum atomic E-state index is -2.51. The number of hydrogen-bond acceptors (Lipinski definition) is 4. The highest BCUT2D eigenvalue weighted by Gasteiger charge is 2.19. The lowest BCUT2D eigenvalue weighted by atomic mass is 9.85. The Labute approximate surface area is 352 Å². The molecule has 1 aromatic heterocycles. The van der Waals surface area contributed by atoms with Gasteiger partial charge in [0.25, 0.3) is 0 Å². The van der Waals surface area contributed by atoms with Gasteiger partial charge in [-0.05, 0) is 106 Å². The summed E-state index contributed by atoms with van der Waals surface area (Å²) in [4.78, 5) is 15.2. The summed E-state index contributed by atoms with van der Waals surface area (Å²) in [5.41, 5.74) is 13.7. The molecule has 4 nitrogen and oxygen atoms in total. The molecule has 7 aromatic carbocycles. The molecule has 0 fully saturated rings. The average Bonchev–Trinajstić information content (AvgIpc) is 3.31. The molecule has 1 aliphatic carbocycles. The zero-order valence-corrected chi connectivity index (χ0v) is 34.6. The highest BCUT2D eigenvalue weighted by atomic mass is 31.2. The quantitative estimate of drug-likeness (QED) is 0.102. The van der Waals surface area contributed by atoms with Crippen molar-refractivity contribution >= 4 is 29.2 Å². The van der Waals surface area contributed by atoms with E-state index in [1.807, 2.05) is 55.8 Å². The lowest BCUT2D eigenvalue weighted by molar-refractivity contribution is 0.588. The molecule has 0 atom stereocenters. The van der Waals surface area contributed by atoms with E-state index in [1.54, 1.807) is 0 Å². The zero-order chi connectivity index (χ0) is 40.9. The van der Waals surface area contributed by atoms with Gasteiger partial charge in [0.1, 0.15) is 7.14 Å². The van der Waals surface area contributed by atoms with Gasteiger partial charge in [-0.3, -0.25) is 0 Å². The van der Waals surface area contributed by atoms with Crippen molar-refractivity contribution in [3.8, 4) is 45.0 Å². The van der Waals surface area contributed by atoms with Gasteiger partial charge < -0.3 is 4.57 Å². The lowest BCUT2D eigenvalue weighted by Gasteiger charge is -2.18. The molecular weight excluding hydrogens is 750 g/mol. The minimum absolute atomic E-state index is 0.593. The smallest absolute Gasteiger partial charge is 0.164 e. The molecule has 0 radical (unpaired) electrons. The van der Waals surface area contributed by atoms with E-state index in [4.69, 9.17) is 15.0 Å². The van der Waals surface area contributed by atoms with E-state index in [2.05, 4.69) is 164 Å². The molecule has 1 aliphatic rings. The summed E-state index contributed by atoms with van der Waals surface area (Å²) in [5.74, 6) is 1.87. The lowest BCUT2D eigenvalue weighted by Crippen LogP contribution is -2.04. The van der Waals surface area contributed by atoms with Crippen LogP contribution in [0.4, 0.5) is 0 Å². The fourth-order valence-electron chi connectivity index (χ4n) is 7.79. The van der Waals surface area contributed by atoms with Gasteiger partial charge in [0.05, 0.1) is 0 Å². The number of aromatic nitrogens is 3. The summed E-state index contributed by atoms with van der Waals surface area (Å²) in [6.07, 6.45) is 8.44. The molecule has 5 heteroatoms. The molecule has 0 aliphatic heterocycles. The maximum atomic E-state index is 13.3. The Morgan fingerprint density at radius 1 is 0.417 bits per heavy atom. The van der Waals surface area contributed by atoms with Crippen molar-refractivity contribution in [2.45, 2.75) is 12.8 Å². The van der Waals surface area contributed by atoms with E-state index < -0.39 is 7.14 Å². The van der Waals surface area contributed by atoms with Gasteiger partial charge in [-0.1, -0.05) is 182 Å². The predicted molar refractivity (Wildman–Crippen MR) is 251 cm³/mol. The molecule has 0 unspecified atom stereocenters. The van der Waals surface area contributed by atoms with E-state index >= 15 is 0 Å². The normalized spacial score (nSPS) is 12.5. The third-order valence-corrected chi connectivity index (χ3v) is 12.4. The summed E-state index contributed by atoms with van der Waals surface area (Å²) in [6.45, 7) is 3.64. The van der Waals surface area contributed by atoms with Crippen molar-refractivity contribution in [3.63, 3.8) is 0 Å². The standard InChI is InChI=1S/C55H44N3OP/c1-60(2,59)50-30-18-29-46(38-50)48-35-47(36-49(37-48)55-57-53(44-25-14-6-15-26-44)56-54(58-55)45-27-16-7-17-28-45)39-31-33-43(34-32-39)52(42-23-12-5-13-24-42)51(40-19-8-3-9-20-40)41-21-10-4-11-22-41/h3-6,8-16,18-38H,7,17H2,1-2H3. The fourth-order valence-corrected chi connectivity index (χ4v) is 8.69. The Hall–Kier alpha value is -7.00. The van der Waals surface area contributed by atoms with Crippen molar-refractivity contribution in [2.75, 3.05) is 13.3 Å². The van der Waals surface area contributed by atoms with Gasteiger partial charge in [-0.15, -0.1) is 0 Å². The molecular formula is C55H44N3OP. The second-order valence-electron chi connectivity index (χ2n) is 15.4. The van der Waals surface area contributed by atoms with Crippen molar-refractivity contribution in [3.05, 3.63) is 234 Å². The first kappa shape index (κ1) is 38.5. The first-order chi connectivity index (χ1) is 29.4. The van der Waals surface area contributed by atoms with Gasteiger partial charge in [0, 0.05) is 22.0 Å². The molecule has 9 rings (SSSR count). The van der Waals surface area contributed by atoms with E-state index in [0.717, 1.165) is 84.9 Å². The molecule has 8 aromatic rings. The number of allylic oxidation sites excluding steroid dienone is 4. The maximum absolute atomic E-state index is 13.3. The van der Waals surface area contributed by atoms with Crippen LogP contribution in [-0.2, 0) is 4.57 Å².